The minimum absolute atomic E-state index is 0.370. The van der Waals surface area contributed by atoms with E-state index in [1.54, 1.807) is 0 Å². The highest BCUT2D eigenvalue weighted by Crippen LogP contribution is 2.04. The highest BCUT2D eigenvalue weighted by atomic mass is 19.4. The maximum Gasteiger partial charge on any atom is 0.491 e. The van der Waals surface area contributed by atoms with Crippen molar-refractivity contribution < 1.29 is 12.9 Å². The predicted octanol–water partition coefficient (Wildman–Crippen LogP) is 0.572. The van der Waals surface area contributed by atoms with E-state index in [-0.39, 0.29) is 0 Å². The molecular formula is C5H13BF3N2-. The maximum absolute atomic E-state index is 11.5. The third-order valence-electron chi connectivity index (χ3n) is 1.10. The van der Waals surface area contributed by atoms with Crippen molar-refractivity contribution in [3.05, 3.63) is 0 Å². The van der Waals surface area contributed by atoms with E-state index in [0.29, 0.717) is 13.1 Å². The van der Waals surface area contributed by atoms with E-state index >= 15 is 0 Å². The molecule has 0 saturated heterocycles. The first kappa shape index (κ1) is 10.8. The van der Waals surface area contributed by atoms with Crippen molar-refractivity contribution in [1.29, 1.82) is 0 Å². The molecule has 0 radical (unpaired) electrons. The molecule has 0 saturated carbocycles. The molecule has 0 spiro atoms. The second-order valence-corrected chi connectivity index (χ2v) is 2.27. The standard InChI is InChI=1S/C5H13BF3N2/c1-2-10-3-4-11-5-6(7,8)9/h10-11H,2-5H2,1H3/q-1. The summed E-state index contributed by atoms with van der Waals surface area (Å²) in [6.45, 7) is -1.00. The van der Waals surface area contributed by atoms with Crippen LogP contribution in [0.5, 0.6) is 0 Å². The van der Waals surface area contributed by atoms with E-state index < -0.39 is 13.4 Å². The van der Waals surface area contributed by atoms with Gasteiger partial charge in [0.1, 0.15) is 0 Å². The van der Waals surface area contributed by atoms with Crippen LogP contribution >= 0.6 is 0 Å². The Bertz CT molecular complexity index is 96.2. The summed E-state index contributed by atoms with van der Waals surface area (Å²) in [6.07, 6.45) is -0.842. The second kappa shape index (κ2) is 5.43. The molecule has 6 heteroatoms. The van der Waals surface area contributed by atoms with Gasteiger partial charge in [0.25, 0.3) is 0 Å². The minimum Gasteiger partial charge on any atom is -0.448 e. The lowest BCUT2D eigenvalue weighted by Crippen LogP contribution is -2.37. The van der Waals surface area contributed by atoms with Crippen LogP contribution in [0.3, 0.4) is 0 Å². The van der Waals surface area contributed by atoms with Gasteiger partial charge in [-0.25, -0.2) is 0 Å². The summed E-state index contributed by atoms with van der Waals surface area (Å²) < 4.78 is 34.6. The molecule has 0 aromatic heterocycles. The lowest BCUT2D eigenvalue weighted by molar-refractivity contribution is 0.455. The van der Waals surface area contributed by atoms with Gasteiger partial charge < -0.3 is 23.6 Å². The molecule has 0 aliphatic heterocycles. The molecule has 0 atom stereocenters. The Kier molecular flexibility index (Phi) is 5.32. The van der Waals surface area contributed by atoms with Crippen molar-refractivity contribution in [2.75, 3.05) is 26.1 Å². The molecule has 2 nitrogen and oxygen atoms in total. The Labute approximate surface area is 64.6 Å². The van der Waals surface area contributed by atoms with E-state index in [0.717, 1.165) is 6.54 Å². The molecule has 0 rings (SSSR count). The van der Waals surface area contributed by atoms with E-state index in [2.05, 4.69) is 10.6 Å². The normalized spacial score (nSPS) is 12.0. The van der Waals surface area contributed by atoms with Gasteiger partial charge in [0, 0.05) is 13.1 Å². The summed E-state index contributed by atoms with van der Waals surface area (Å²) in [6, 6.07) is 0. The summed E-state index contributed by atoms with van der Waals surface area (Å²) in [5.41, 5.74) is 0. The Hall–Kier alpha value is -0.225. The van der Waals surface area contributed by atoms with Crippen LogP contribution in [0, 0.1) is 0 Å². The SMILES string of the molecule is CCNCCNC[B-](F)(F)F. The summed E-state index contributed by atoms with van der Waals surface area (Å²) in [7, 11) is 0. The molecule has 68 valence electrons. The lowest BCUT2D eigenvalue weighted by Gasteiger charge is -2.14. The van der Waals surface area contributed by atoms with Crippen molar-refractivity contribution in [2.45, 2.75) is 6.92 Å². The van der Waals surface area contributed by atoms with E-state index in [1.807, 2.05) is 6.92 Å². The molecule has 0 unspecified atom stereocenters. The highest BCUT2D eigenvalue weighted by Gasteiger charge is 2.21. The fraction of sp³-hybridized carbons (Fsp3) is 1.00. The Morgan fingerprint density at radius 1 is 1.09 bits per heavy atom. The average molecular weight is 169 g/mol. The number of rotatable bonds is 6. The first-order valence-corrected chi connectivity index (χ1v) is 3.68. The zero-order valence-corrected chi connectivity index (χ0v) is 6.54. The highest BCUT2D eigenvalue weighted by molar-refractivity contribution is 6.58. The Morgan fingerprint density at radius 2 is 1.64 bits per heavy atom. The summed E-state index contributed by atoms with van der Waals surface area (Å²) in [4.78, 5) is 0. The first-order valence-electron chi connectivity index (χ1n) is 3.68. The summed E-state index contributed by atoms with van der Waals surface area (Å²) in [5.74, 6) is 0. The number of halogens is 3. The van der Waals surface area contributed by atoms with Crippen molar-refractivity contribution in [3.63, 3.8) is 0 Å². The van der Waals surface area contributed by atoms with E-state index in [1.165, 1.54) is 0 Å². The van der Waals surface area contributed by atoms with Gasteiger partial charge in [-0.15, -0.1) is 0 Å². The average Bonchev–Trinajstić information content (AvgIpc) is 1.85. The molecule has 0 heterocycles. The van der Waals surface area contributed by atoms with Gasteiger partial charge in [0.05, 0.1) is 0 Å². The summed E-state index contributed by atoms with van der Waals surface area (Å²) >= 11 is 0. The third kappa shape index (κ3) is 9.77. The van der Waals surface area contributed by atoms with Crippen LogP contribution < -0.4 is 10.6 Å². The van der Waals surface area contributed by atoms with Gasteiger partial charge in [-0.1, -0.05) is 6.92 Å². The molecule has 11 heavy (non-hydrogen) atoms. The summed E-state index contributed by atoms with van der Waals surface area (Å²) in [5, 5.41) is 5.21. The molecule has 0 amide bonds. The van der Waals surface area contributed by atoms with Crippen molar-refractivity contribution in [2.24, 2.45) is 0 Å². The van der Waals surface area contributed by atoms with E-state index in [4.69, 9.17) is 0 Å². The molecule has 0 aliphatic rings. The zero-order valence-electron chi connectivity index (χ0n) is 6.54. The number of nitrogens with one attached hydrogen (secondary N) is 2. The second-order valence-electron chi connectivity index (χ2n) is 2.27. The first-order chi connectivity index (χ1) is 5.06. The fourth-order valence-corrected chi connectivity index (χ4v) is 0.619. The maximum atomic E-state index is 11.5. The number of hydrogen-bond acceptors (Lipinski definition) is 2. The predicted molar refractivity (Wildman–Crippen MR) is 40.5 cm³/mol. The Balaban J connectivity index is 3.02. The minimum atomic E-state index is -4.66. The lowest BCUT2D eigenvalue weighted by atomic mass is 9.92. The quantitative estimate of drug-likeness (QED) is 0.448. The van der Waals surface area contributed by atoms with Crippen molar-refractivity contribution in [1.82, 2.24) is 10.6 Å². The molecule has 0 fully saturated rings. The largest absolute Gasteiger partial charge is 0.491 e. The van der Waals surface area contributed by atoms with Crippen LogP contribution in [0.25, 0.3) is 0 Å². The molecule has 0 aliphatic carbocycles. The van der Waals surface area contributed by atoms with Gasteiger partial charge in [-0.3, -0.25) is 0 Å². The monoisotopic (exact) mass is 169 g/mol. The fourth-order valence-electron chi connectivity index (χ4n) is 0.619. The third-order valence-corrected chi connectivity index (χ3v) is 1.10. The van der Waals surface area contributed by atoms with Gasteiger partial charge in [-0.2, -0.15) is 0 Å². The van der Waals surface area contributed by atoms with Crippen LogP contribution in [0.15, 0.2) is 0 Å². The van der Waals surface area contributed by atoms with Crippen LogP contribution in [-0.2, 0) is 0 Å². The molecule has 0 aromatic rings. The van der Waals surface area contributed by atoms with Crippen molar-refractivity contribution >= 4 is 6.98 Å². The molecular weight excluding hydrogens is 156 g/mol. The van der Waals surface area contributed by atoms with Crippen LogP contribution in [0.1, 0.15) is 6.92 Å². The van der Waals surface area contributed by atoms with Crippen molar-refractivity contribution in [3.8, 4) is 0 Å². The van der Waals surface area contributed by atoms with Crippen LogP contribution in [0.2, 0.25) is 0 Å². The molecule has 0 bridgehead atoms. The van der Waals surface area contributed by atoms with Gasteiger partial charge >= 0.3 is 6.98 Å². The van der Waals surface area contributed by atoms with Gasteiger partial charge in [0.15, 0.2) is 0 Å². The van der Waals surface area contributed by atoms with Gasteiger partial charge in [-0.05, 0) is 13.0 Å². The Morgan fingerprint density at radius 3 is 2.09 bits per heavy atom. The zero-order chi connectivity index (χ0) is 8.74. The number of hydrogen-bond donors (Lipinski definition) is 2. The molecule has 2 N–H and O–H groups in total. The molecule has 0 aromatic carbocycles. The van der Waals surface area contributed by atoms with Gasteiger partial charge in [0.2, 0.25) is 0 Å². The smallest absolute Gasteiger partial charge is 0.448 e. The van der Waals surface area contributed by atoms with Crippen LogP contribution in [0.4, 0.5) is 12.9 Å². The number of likely N-dealkylation sites (N-methyl/N-ethyl adjacent to an activating group) is 1. The topological polar surface area (TPSA) is 24.1 Å². The van der Waals surface area contributed by atoms with Crippen LogP contribution in [-0.4, -0.2) is 33.1 Å². The van der Waals surface area contributed by atoms with E-state index in [9.17, 15) is 12.9 Å².